The zero-order valence-electron chi connectivity index (χ0n) is 36.5. The topological polar surface area (TPSA) is 296 Å². The minimum Gasteiger partial charge on any atom is -0.748 e. The van der Waals surface area contributed by atoms with Crippen LogP contribution >= 0.6 is 0 Å². The van der Waals surface area contributed by atoms with Gasteiger partial charge >= 0.3 is 5.97 Å². The first-order chi connectivity index (χ1) is 28.6. The fraction of sp³-hybridized carbons (Fsp3) is 0.763. The van der Waals surface area contributed by atoms with Gasteiger partial charge in [0.15, 0.2) is 0 Å². The molecule has 0 radical (unpaired) electrons. The number of ether oxygens (including phenoxy) is 4. The van der Waals surface area contributed by atoms with Gasteiger partial charge in [-0.15, -0.1) is 0 Å². The van der Waals surface area contributed by atoms with Gasteiger partial charge in [0.05, 0.1) is 161 Å². The summed E-state index contributed by atoms with van der Waals surface area (Å²) in [4.78, 5) is 61.5. The van der Waals surface area contributed by atoms with E-state index in [0.29, 0.717) is 43.8 Å². The maximum absolute atomic E-state index is 12.9. The number of fused-ring (bicyclic) bond motifs is 4. The summed E-state index contributed by atoms with van der Waals surface area (Å²) in [6.45, 7) is 3.21. The highest BCUT2D eigenvalue weighted by Crippen LogP contribution is 2.40. The second kappa shape index (κ2) is 22.3. The second-order valence-corrected chi connectivity index (χ2v) is 20.9. The van der Waals surface area contributed by atoms with Crippen LogP contribution < -0.4 is 21.1 Å². The van der Waals surface area contributed by atoms with Gasteiger partial charge in [0.25, 0.3) is 0 Å². The van der Waals surface area contributed by atoms with Crippen molar-refractivity contribution in [2.24, 2.45) is 23.7 Å². The van der Waals surface area contributed by atoms with Gasteiger partial charge < -0.3 is 67.4 Å². The number of hydrogen-bond acceptors (Lipinski definition) is 16. The van der Waals surface area contributed by atoms with Gasteiger partial charge in [-0.25, -0.2) is 16.8 Å². The van der Waals surface area contributed by atoms with Crippen molar-refractivity contribution in [1.29, 1.82) is 0 Å². The molecule has 62 heavy (non-hydrogen) atoms. The van der Waals surface area contributed by atoms with Crippen molar-refractivity contribution in [1.82, 2.24) is 16.0 Å². The van der Waals surface area contributed by atoms with Gasteiger partial charge in [0.2, 0.25) is 17.7 Å². The number of carbonyl (C=O) groups excluding carboxylic acids is 5. The van der Waals surface area contributed by atoms with Crippen LogP contribution in [0.2, 0.25) is 0 Å². The van der Waals surface area contributed by atoms with E-state index in [1.165, 1.54) is 7.11 Å². The Bertz CT molecular complexity index is 1790. The van der Waals surface area contributed by atoms with Gasteiger partial charge in [-0.05, 0) is 0 Å². The zero-order valence-corrected chi connectivity index (χ0v) is 38.2. The van der Waals surface area contributed by atoms with Gasteiger partial charge in [0.1, 0.15) is 32.8 Å². The summed E-state index contributed by atoms with van der Waals surface area (Å²) in [7, 11) is 3.65. The van der Waals surface area contributed by atoms with E-state index in [1.54, 1.807) is 52.5 Å². The smallest absolute Gasteiger partial charge is 0.312 e. The van der Waals surface area contributed by atoms with Gasteiger partial charge in [-0.1, -0.05) is 24.3 Å². The number of rotatable bonds is 25. The van der Waals surface area contributed by atoms with Crippen LogP contribution in [0.15, 0.2) is 24.3 Å². The quantitative estimate of drug-likeness (QED) is 0.0254. The number of carbonyl (C=O) groups is 5. The van der Waals surface area contributed by atoms with E-state index in [2.05, 4.69) is 16.0 Å². The summed E-state index contributed by atoms with van der Waals surface area (Å²) in [6, 6.07) is 0. The molecule has 4 heterocycles. The molecule has 4 rings (SSSR count). The lowest BCUT2D eigenvalue weighted by molar-refractivity contribution is -0.888. The third kappa shape index (κ3) is 17.2. The Balaban J connectivity index is 0.000000341. The SMILES string of the molecule is COCCOC(=O)C1C(C(=O)NCC[N+](C)(C)CCC(=O)[O-])[C@@H]2C=C[C@H]1O2.C[N+](C)(CCNC(=O)C1C(C(=O)NCC[N+](C)(C)CCS(=O)(=O)[O-])[C@H]2C=C[C@@H]1O2)CCS(=O)(=O)[O-]. The highest BCUT2D eigenvalue weighted by atomic mass is 32.2. The van der Waals surface area contributed by atoms with Crippen LogP contribution in [0.1, 0.15) is 6.42 Å². The fourth-order valence-corrected chi connectivity index (χ4v) is 8.84. The number of carboxylic acids is 1. The predicted octanol–water partition coefficient (Wildman–Crippen LogP) is -4.89. The maximum Gasteiger partial charge on any atom is 0.312 e. The lowest BCUT2D eigenvalue weighted by Crippen LogP contribution is -2.52. The molecular formula is C38H64N6O16S2. The van der Waals surface area contributed by atoms with E-state index in [4.69, 9.17) is 18.9 Å². The Labute approximate surface area is 364 Å². The molecule has 24 heteroatoms. The van der Waals surface area contributed by atoms with Crippen molar-refractivity contribution in [3.8, 4) is 0 Å². The molecule has 22 nitrogen and oxygen atoms in total. The van der Waals surface area contributed by atoms with E-state index in [0.717, 1.165) is 0 Å². The fourth-order valence-electron chi connectivity index (χ4n) is 7.40. The molecule has 4 aliphatic heterocycles. The minimum atomic E-state index is -4.32. The van der Waals surface area contributed by atoms with Crippen LogP contribution in [0.25, 0.3) is 0 Å². The van der Waals surface area contributed by atoms with Crippen LogP contribution in [0.4, 0.5) is 0 Å². The Morgan fingerprint density at radius 2 is 0.903 bits per heavy atom. The Hall–Kier alpha value is -3.59. The number of methoxy groups -OCH3 is 1. The highest BCUT2D eigenvalue weighted by molar-refractivity contribution is 7.85. The van der Waals surface area contributed by atoms with Crippen molar-refractivity contribution in [3.63, 3.8) is 0 Å². The third-order valence-electron chi connectivity index (χ3n) is 11.4. The first-order valence-corrected chi connectivity index (χ1v) is 23.5. The summed E-state index contributed by atoms with van der Waals surface area (Å²) in [5.41, 5.74) is 0. The number of nitrogens with zero attached hydrogens (tertiary/aromatic N) is 3. The molecule has 3 amide bonds. The molecule has 0 aromatic rings. The molecule has 0 spiro atoms. The van der Waals surface area contributed by atoms with Crippen LogP contribution in [0.5, 0.6) is 0 Å². The number of nitrogens with one attached hydrogen (secondary N) is 3. The molecule has 8 atom stereocenters. The first-order valence-electron chi connectivity index (χ1n) is 20.3. The first kappa shape index (κ1) is 52.8. The van der Waals surface area contributed by atoms with Gasteiger partial charge in [-0.3, -0.25) is 19.2 Å². The van der Waals surface area contributed by atoms with E-state index >= 15 is 0 Å². The number of hydrogen-bond donors (Lipinski definition) is 3. The van der Waals surface area contributed by atoms with Crippen LogP contribution in [0.3, 0.4) is 0 Å². The molecule has 0 aromatic heterocycles. The normalized spacial score (nSPS) is 25.2. The van der Waals surface area contributed by atoms with Crippen molar-refractivity contribution in [2.75, 3.05) is 133 Å². The van der Waals surface area contributed by atoms with Crippen LogP contribution in [-0.4, -0.2) is 226 Å². The summed E-state index contributed by atoms with van der Waals surface area (Å²) in [5, 5.41) is 19.0. The van der Waals surface area contributed by atoms with Gasteiger partial charge in [-0.2, -0.15) is 0 Å². The average molecular weight is 925 g/mol. The number of carboxylic acid groups (broad SMARTS) is 1. The number of likely N-dealkylation sites (N-methyl/N-ethyl adjacent to an activating group) is 3. The van der Waals surface area contributed by atoms with Crippen molar-refractivity contribution in [3.05, 3.63) is 24.3 Å². The molecule has 4 aliphatic rings. The van der Waals surface area contributed by atoms with E-state index in [-0.39, 0.29) is 65.9 Å². The van der Waals surface area contributed by atoms with Crippen LogP contribution in [-0.2, 0) is 63.2 Å². The molecule has 354 valence electrons. The average Bonchev–Trinajstić information content (AvgIpc) is 3.98. The molecule has 0 aliphatic carbocycles. The van der Waals surface area contributed by atoms with Crippen molar-refractivity contribution < 1.29 is 87.4 Å². The molecule has 0 saturated carbocycles. The van der Waals surface area contributed by atoms with E-state index in [9.17, 15) is 55.0 Å². The molecule has 4 unspecified atom stereocenters. The van der Waals surface area contributed by atoms with Gasteiger partial charge in [0, 0.05) is 19.5 Å². The summed E-state index contributed by atoms with van der Waals surface area (Å²) >= 11 is 0. The molecule has 2 saturated heterocycles. The summed E-state index contributed by atoms with van der Waals surface area (Å²) in [5.74, 6) is -6.27. The monoisotopic (exact) mass is 924 g/mol. The number of esters is 1. The molecule has 2 fully saturated rings. The predicted molar refractivity (Wildman–Crippen MR) is 216 cm³/mol. The Morgan fingerprint density at radius 1 is 0.565 bits per heavy atom. The largest absolute Gasteiger partial charge is 0.748 e. The van der Waals surface area contributed by atoms with Crippen molar-refractivity contribution in [2.45, 2.75) is 30.8 Å². The number of aliphatic carboxylic acids is 1. The number of amides is 3. The summed E-state index contributed by atoms with van der Waals surface area (Å²) < 4.78 is 87.6. The van der Waals surface area contributed by atoms with E-state index < -0.39 is 91.8 Å². The van der Waals surface area contributed by atoms with E-state index in [1.807, 2.05) is 14.1 Å². The molecule has 3 N–H and O–H groups in total. The number of quaternary nitrogens is 3. The lowest BCUT2D eigenvalue weighted by Gasteiger charge is -2.31. The summed E-state index contributed by atoms with van der Waals surface area (Å²) in [6.07, 6.45) is 5.11. The Morgan fingerprint density at radius 3 is 1.24 bits per heavy atom. The van der Waals surface area contributed by atoms with Crippen molar-refractivity contribution >= 4 is 49.9 Å². The Kier molecular flexibility index (Phi) is 19.0. The minimum absolute atomic E-state index is 0.0403. The maximum atomic E-state index is 12.9. The zero-order chi connectivity index (χ0) is 46.7. The molecule has 4 bridgehead atoms. The van der Waals surface area contributed by atoms with Crippen LogP contribution in [0, 0.1) is 23.7 Å². The lowest BCUT2D eigenvalue weighted by atomic mass is 9.81. The molecular weight excluding hydrogens is 861 g/mol. The highest BCUT2D eigenvalue weighted by Gasteiger charge is 2.54. The third-order valence-corrected chi connectivity index (χ3v) is 12.7. The standard InChI is InChI=1S/C20H36N4O9S2.C18H28N2O7/c1-23(2,11-13-34(27,28)29)9-7-21-19(25)17-15-5-6-16(33-15)18(17)20(26)22-8-10-24(3,4)12-14-35(30,31)32;1-20(2,8-6-14(21)22)9-7-19-17(23)15-12-4-5-13(27-12)16(15)18(24)26-11-10-25-3/h5-6,15-18H,7-14H2,1-4H3,(H2-2,21,22,25,26,27,28,29,30,31,32);4-5,12-13,15-16H,6-11H2,1-3H3,(H-,19,21,22,23)/t15-,16+,17?,18?;12-,13+,15?,16?/m.0/s1. The second-order valence-electron chi connectivity index (χ2n) is 17.8. The molecule has 0 aromatic carbocycles.